The van der Waals surface area contributed by atoms with Gasteiger partial charge in [-0.25, -0.2) is 13.8 Å². The minimum atomic E-state index is -2.63. The second kappa shape index (κ2) is 13.7. The van der Waals surface area contributed by atoms with Crippen LogP contribution in [0.15, 0.2) is 24.3 Å². The summed E-state index contributed by atoms with van der Waals surface area (Å²) in [4.78, 5) is 35.7. The van der Waals surface area contributed by atoms with Crippen molar-refractivity contribution in [3.8, 4) is 0 Å². The lowest BCUT2D eigenvalue weighted by atomic mass is 9.93. The third-order valence-corrected chi connectivity index (χ3v) is 8.49. The largest absolute Gasteiger partial charge is 0.468 e. The van der Waals surface area contributed by atoms with Crippen molar-refractivity contribution in [2.45, 2.75) is 65.2 Å². The van der Waals surface area contributed by atoms with E-state index >= 15 is 0 Å². The molecule has 1 aromatic carbocycles. The monoisotopic (exact) mass is 590 g/mol. The second-order valence-electron chi connectivity index (χ2n) is 10.8. The summed E-state index contributed by atoms with van der Waals surface area (Å²) in [6.07, 6.45) is 4.57. The van der Waals surface area contributed by atoms with Crippen LogP contribution in [0.3, 0.4) is 0 Å². The van der Waals surface area contributed by atoms with Crippen molar-refractivity contribution >= 4 is 47.5 Å². The first-order valence-corrected chi connectivity index (χ1v) is 15.3. The highest BCUT2D eigenvalue weighted by Gasteiger charge is 2.44. The average molecular weight is 591 g/mol. The zero-order valence-corrected chi connectivity index (χ0v) is 24.9. The summed E-state index contributed by atoms with van der Waals surface area (Å²) in [6.45, 7) is 8.90. The van der Waals surface area contributed by atoms with Crippen LogP contribution in [0.4, 0.5) is 31.9 Å². The quantitative estimate of drug-likeness (QED) is 0.273. The van der Waals surface area contributed by atoms with E-state index in [4.69, 9.17) is 0 Å². The highest BCUT2D eigenvalue weighted by molar-refractivity contribution is 8.00. The predicted molar refractivity (Wildman–Crippen MR) is 160 cm³/mol. The molecule has 3 aliphatic rings. The topological polar surface area (TPSA) is 99.7 Å². The Bertz CT molecular complexity index is 1190. The number of aromatic nitrogens is 2. The SMILES string of the molecule is CCOC=O.CCSNc1ccc(C(=O)Nc2nc(C)cc(N3CCC(F)(F)CC3)n2)c(N2CCC3(CC2)CC3)c1. The van der Waals surface area contributed by atoms with Gasteiger partial charge in [-0.2, -0.15) is 4.98 Å². The molecule has 3 heterocycles. The summed E-state index contributed by atoms with van der Waals surface area (Å²) in [6, 6.07) is 7.61. The van der Waals surface area contributed by atoms with Gasteiger partial charge in [0, 0.05) is 62.2 Å². The number of halogens is 2. The number of amides is 1. The minimum absolute atomic E-state index is 0.192. The molecule has 0 atom stereocenters. The molecular weight excluding hydrogens is 550 g/mol. The molecular formula is C29H40F2N6O3S. The molecule has 2 N–H and O–H groups in total. The van der Waals surface area contributed by atoms with Crippen molar-refractivity contribution in [2.24, 2.45) is 5.41 Å². The number of piperidine rings is 2. The lowest BCUT2D eigenvalue weighted by molar-refractivity contribution is -0.128. The van der Waals surface area contributed by atoms with E-state index in [0.717, 1.165) is 43.1 Å². The van der Waals surface area contributed by atoms with E-state index in [1.54, 1.807) is 24.9 Å². The number of hydrogen-bond acceptors (Lipinski definition) is 9. The van der Waals surface area contributed by atoms with Gasteiger partial charge >= 0.3 is 0 Å². The van der Waals surface area contributed by atoms with Crippen LogP contribution in [0.5, 0.6) is 0 Å². The molecule has 3 fully saturated rings. The summed E-state index contributed by atoms with van der Waals surface area (Å²) in [5.74, 6) is -1.21. The predicted octanol–water partition coefficient (Wildman–Crippen LogP) is 5.91. The van der Waals surface area contributed by atoms with Crippen molar-refractivity contribution < 1.29 is 23.1 Å². The maximum absolute atomic E-state index is 13.6. The number of alkyl halides is 2. The van der Waals surface area contributed by atoms with E-state index < -0.39 is 5.92 Å². The number of anilines is 4. The van der Waals surface area contributed by atoms with Crippen LogP contribution in [0.2, 0.25) is 0 Å². The van der Waals surface area contributed by atoms with Crippen molar-refractivity contribution in [2.75, 3.05) is 58.4 Å². The Morgan fingerprint density at radius 2 is 1.71 bits per heavy atom. The van der Waals surface area contributed by atoms with E-state index in [2.05, 4.69) is 42.6 Å². The van der Waals surface area contributed by atoms with Crippen LogP contribution in [0.25, 0.3) is 0 Å². The smallest absolute Gasteiger partial charge is 0.293 e. The molecule has 0 radical (unpaired) electrons. The minimum Gasteiger partial charge on any atom is -0.468 e. The van der Waals surface area contributed by atoms with Gasteiger partial charge in [-0.3, -0.25) is 14.9 Å². The number of aryl methyl sites for hydroxylation is 1. The van der Waals surface area contributed by atoms with Crippen molar-refractivity contribution in [1.29, 1.82) is 0 Å². The van der Waals surface area contributed by atoms with Crippen molar-refractivity contribution in [3.63, 3.8) is 0 Å². The zero-order chi connectivity index (χ0) is 29.5. The molecule has 1 saturated carbocycles. The standard InChI is InChI=1S/C26H34F2N6OS.C3H6O2/c1-3-36-32-19-4-5-20(21(17-19)33-12-8-25(6-7-25)9-13-33)23(35)31-24-29-18(2)16-22(30-24)34-14-10-26(27,28)11-15-34;1-2-5-3-4/h4-5,16-17,32H,3,6-15H2,1-2H3,(H,29,30,31,35);3H,2H2,1H3. The lowest BCUT2D eigenvalue weighted by Gasteiger charge is -2.35. The Morgan fingerprint density at radius 1 is 1.02 bits per heavy atom. The molecule has 9 nitrogen and oxygen atoms in total. The molecule has 5 rings (SSSR count). The highest BCUT2D eigenvalue weighted by atomic mass is 32.2. The summed E-state index contributed by atoms with van der Waals surface area (Å²) in [5.41, 5.74) is 3.68. The van der Waals surface area contributed by atoms with Gasteiger partial charge < -0.3 is 19.3 Å². The molecule has 41 heavy (non-hydrogen) atoms. The molecule has 2 aromatic rings. The van der Waals surface area contributed by atoms with Gasteiger partial charge in [-0.1, -0.05) is 18.9 Å². The number of hydrogen-bond donors (Lipinski definition) is 2. The number of rotatable bonds is 9. The first-order valence-electron chi connectivity index (χ1n) is 14.3. The van der Waals surface area contributed by atoms with Gasteiger partial charge in [0.15, 0.2) is 0 Å². The van der Waals surface area contributed by atoms with E-state index in [-0.39, 0.29) is 37.8 Å². The van der Waals surface area contributed by atoms with Crippen molar-refractivity contribution in [1.82, 2.24) is 9.97 Å². The van der Waals surface area contributed by atoms with E-state index in [0.29, 0.717) is 35.6 Å². The Hall–Kier alpha value is -3.15. The van der Waals surface area contributed by atoms with Gasteiger partial charge in [0.2, 0.25) is 5.95 Å². The lowest BCUT2D eigenvalue weighted by Crippen LogP contribution is -2.40. The van der Waals surface area contributed by atoms with Crippen molar-refractivity contribution in [3.05, 3.63) is 35.5 Å². The van der Waals surface area contributed by atoms with Gasteiger partial charge in [-0.05, 0) is 63.1 Å². The summed E-state index contributed by atoms with van der Waals surface area (Å²) >= 11 is 1.62. The van der Waals surface area contributed by atoms with Crippen LogP contribution >= 0.6 is 11.9 Å². The number of carbonyl (C=O) groups is 2. The Kier molecular flexibility index (Phi) is 10.3. The number of nitrogens with one attached hydrogen (secondary N) is 2. The molecule has 1 aliphatic carbocycles. The molecule has 2 aliphatic heterocycles. The highest BCUT2D eigenvalue weighted by Crippen LogP contribution is 2.54. The zero-order valence-electron chi connectivity index (χ0n) is 24.0. The third kappa shape index (κ3) is 8.43. The fourth-order valence-corrected chi connectivity index (χ4v) is 5.61. The molecule has 0 unspecified atom stereocenters. The Labute approximate surface area is 244 Å². The normalized spacial score (nSPS) is 18.7. The van der Waals surface area contributed by atoms with Gasteiger partial charge in [0.25, 0.3) is 18.3 Å². The van der Waals surface area contributed by atoms with E-state index in [1.165, 1.54) is 12.8 Å². The fourth-order valence-electron chi connectivity index (χ4n) is 5.17. The first-order chi connectivity index (χ1) is 19.7. The summed E-state index contributed by atoms with van der Waals surface area (Å²) in [7, 11) is 0. The Balaban J connectivity index is 0.000000714. The molecule has 2 saturated heterocycles. The van der Waals surface area contributed by atoms with Gasteiger partial charge in [0.1, 0.15) is 5.82 Å². The molecule has 0 bridgehead atoms. The summed E-state index contributed by atoms with van der Waals surface area (Å²) in [5, 5.41) is 2.88. The van der Waals surface area contributed by atoms with Crippen LogP contribution < -0.4 is 19.8 Å². The fraction of sp³-hybridized carbons (Fsp3) is 0.586. The van der Waals surface area contributed by atoms with Crippen LogP contribution in [-0.2, 0) is 9.53 Å². The van der Waals surface area contributed by atoms with Crippen LogP contribution in [0, 0.1) is 12.3 Å². The molecule has 12 heteroatoms. The first kappa shape index (κ1) is 30.8. The second-order valence-corrected chi connectivity index (χ2v) is 11.9. The van der Waals surface area contributed by atoms with Crippen LogP contribution in [-0.4, -0.2) is 66.8 Å². The third-order valence-electron chi connectivity index (χ3n) is 7.82. The molecule has 1 spiro atoms. The van der Waals surface area contributed by atoms with E-state index in [1.807, 2.05) is 24.0 Å². The van der Waals surface area contributed by atoms with Gasteiger partial charge in [-0.15, -0.1) is 0 Å². The number of carbonyl (C=O) groups excluding carboxylic acids is 2. The molecule has 224 valence electrons. The number of ether oxygens (including phenoxy) is 1. The molecule has 1 aromatic heterocycles. The summed E-state index contributed by atoms with van der Waals surface area (Å²) < 4.78 is 34.7. The number of benzene rings is 1. The van der Waals surface area contributed by atoms with Gasteiger partial charge in [0.05, 0.1) is 17.9 Å². The Morgan fingerprint density at radius 3 is 2.29 bits per heavy atom. The maximum Gasteiger partial charge on any atom is 0.293 e. The average Bonchev–Trinajstić information content (AvgIpc) is 3.71. The maximum atomic E-state index is 13.6. The number of nitrogens with zero attached hydrogens (tertiary/aromatic N) is 4. The van der Waals surface area contributed by atoms with E-state index in [9.17, 15) is 18.4 Å². The van der Waals surface area contributed by atoms with Crippen LogP contribution in [0.1, 0.15) is 68.4 Å². The molecule has 1 amide bonds.